The van der Waals surface area contributed by atoms with Crippen LogP contribution in [0.15, 0.2) is 10.4 Å². The van der Waals surface area contributed by atoms with E-state index in [1.807, 2.05) is 13.8 Å². The van der Waals surface area contributed by atoms with E-state index in [0.29, 0.717) is 23.0 Å². The maximum atomic E-state index is 13.1. The number of hydrogen-bond donors (Lipinski definition) is 9. The van der Waals surface area contributed by atoms with Crippen molar-refractivity contribution in [3.63, 3.8) is 0 Å². The summed E-state index contributed by atoms with van der Waals surface area (Å²) in [7, 11) is 0. The fraction of sp³-hybridized carbons (Fsp3) is 0.600. The second kappa shape index (κ2) is 17.9. The summed E-state index contributed by atoms with van der Waals surface area (Å²) in [5, 5.41) is 24.4. The van der Waals surface area contributed by atoms with Gasteiger partial charge in [0, 0.05) is 23.4 Å². The monoisotopic (exact) mass is 656 g/mol. The molecule has 1 aromatic heterocycles. The van der Waals surface area contributed by atoms with Crippen LogP contribution in [0, 0.1) is 5.92 Å². The third-order valence-electron chi connectivity index (χ3n) is 6.10. The topological polar surface area (TPSA) is 286 Å². The first kappa shape index (κ1) is 36.1. The van der Waals surface area contributed by atoms with Crippen LogP contribution in [0.25, 0.3) is 0 Å². The van der Waals surface area contributed by atoms with Crippen LogP contribution in [0.5, 0.6) is 0 Å². The number of hydrogen-bond acceptors (Lipinski definition) is 11. The molecule has 0 spiro atoms. The van der Waals surface area contributed by atoms with E-state index in [1.165, 1.54) is 23.1 Å². The first-order chi connectivity index (χ1) is 20.7. The number of nitrogens with two attached hydrogens (primary N) is 3. The van der Waals surface area contributed by atoms with Crippen LogP contribution < -0.4 is 43.8 Å². The number of anilines is 1. The Morgan fingerprint density at radius 3 is 2.36 bits per heavy atom. The first-order valence-corrected chi connectivity index (χ1v) is 15.8. The molecule has 2 unspecified atom stereocenters. The van der Waals surface area contributed by atoms with Gasteiger partial charge >= 0.3 is 5.97 Å². The first-order valence-electron chi connectivity index (χ1n) is 13.8. The van der Waals surface area contributed by atoms with Gasteiger partial charge in [0.05, 0.1) is 18.7 Å². The van der Waals surface area contributed by atoms with E-state index >= 15 is 0 Å². The number of nitrogens with one attached hydrogen (secondary N) is 5. The Kier molecular flexibility index (Phi) is 14.6. The van der Waals surface area contributed by atoms with Gasteiger partial charge in [0.25, 0.3) is 0 Å². The van der Waals surface area contributed by atoms with Gasteiger partial charge in [-0.05, 0) is 25.2 Å². The highest BCUT2D eigenvalue weighted by Crippen LogP contribution is 2.22. The zero-order valence-electron chi connectivity index (χ0n) is 24.5. The van der Waals surface area contributed by atoms with Crippen molar-refractivity contribution in [1.29, 1.82) is 0 Å². The maximum absolute atomic E-state index is 13.1. The Morgan fingerprint density at radius 1 is 1.02 bits per heavy atom. The second-order valence-electron chi connectivity index (χ2n) is 10.4. The number of amides is 5. The zero-order valence-corrected chi connectivity index (χ0v) is 26.1. The van der Waals surface area contributed by atoms with Crippen molar-refractivity contribution >= 4 is 69.7 Å². The minimum Gasteiger partial charge on any atom is -0.481 e. The van der Waals surface area contributed by atoms with E-state index in [9.17, 15) is 33.9 Å². The maximum Gasteiger partial charge on any atom is 0.305 e. The normalized spacial score (nSPS) is 22.4. The standard InChI is InChI=1S/C25H40N10O7S2/c1-12(2)6-15-22(41)34-17(20(26)39)11-43-9-13-10-44-25(31-13)35-14(4-3-5-29-24(27)28)21(40)30-8-18(36)32-16(7-19(37)38)23(42)33-15/h10,12,14-17H,3-9,11H2,1-2H3,(H2,26,39)(H,30,40)(H,31,35)(H,32,36)(H,33,42)(H,34,41)(H,37,38)(H4,27,28,29)/t14-,15?,16-,17?/m0/s1. The molecule has 0 saturated heterocycles. The molecule has 2 rings (SSSR count). The number of carbonyl (C=O) groups excluding carboxylic acids is 5. The van der Waals surface area contributed by atoms with Crippen LogP contribution in [0.2, 0.25) is 0 Å². The molecule has 2 bridgehead atoms. The molecule has 17 nitrogen and oxygen atoms in total. The molecular formula is C25H40N10O7S2. The van der Waals surface area contributed by atoms with Gasteiger partial charge in [-0.25, -0.2) is 4.98 Å². The van der Waals surface area contributed by atoms with E-state index in [-0.39, 0.29) is 37.0 Å². The molecule has 0 aliphatic carbocycles. The van der Waals surface area contributed by atoms with Gasteiger partial charge in [-0.1, -0.05) is 13.8 Å². The lowest BCUT2D eigenvalue weighted by Crippen LogP contribution is -2.58. The predicted octanol–water partition coefficient (Wildman–Crippen LogP) is -2.20. The number of carbonyl (C=O) groups is 6. The molecule has 244 valence electrons. The quantitative estimate of drug-likeness (QED) is 0.0778. The van der Waals surface area contributed by atoms with Crippen molar-refractivity contribution in [1.82, 2.24) is 26.3 Å². The molecule has 0 aromatic carbocycles. The number of carboxylic acid groups (broad SMARTS) is 1. The van der Waals surface area contributed by atoms with Gasteiger partial charge in [-0.2, -0.15) is 11.8 Å². The Labute approximate surface area is 262 Å². The van der Waals surface area contributed by atoms with Crippen LogP contribution in [0.1, 0.15) is 45.2 Å². The largest absolute Gasteiger partial charge is 0.481 e. The number of aromatic nitrogens is 1. The molecule has 19 heteroatoms. The van der Waals surface area contributed by atoms with Gasteiger partial charge in [0.1, 0.15) is 24.2 Å². The van der Waals surface area contributed by atoms with Crippen LogP contribution in [-0.2, 0) is 34.5 Å². The van der Waals surface area contributed by atoms with Crippen molar-refractivity contribution < 1.29 is 33.9 Å². The van der Waals surface area contributed by atoms with Gasteiger partial charge < -0.3 is 48.9 Å². The van der Waals surface area contributed by atoms with Gasteiger partial charge in [-0.15, -0.1) is 11.3 Å². The molecule has 1 aliphatic rings. The van der Waals surface area contributed by atoms with Crippen molar-refractivity contribution in [2.75, 3.05) is 24.2 Å². The second-order valence-corrected chi connectivity index (χ2v) is 12.3. The Balaban J connectivity index is 2.35. The van der Waals surface area contributed by atoms with Crippen LogP contribution >= 0.6 is 23.1 Å². The molecule has 12 N–H and O–H groups in total. The van der Waals surface area contributed by atoms with Crippen LogP contribution in [-0.4, -0.2) is 94.6 Å². The number of thiazole rings is 1. The van der Waals surface area contributed by atoms with Crippen molar-refractivity contribution in [3.8, 4) is 0 Å². The summed E-state index contributed by atoms with van der Waals surface area (Å²) in [5.74, 6) is -4.87. The van der Waals surface area contributed by atoms with E-state index in [1.54, 1.807) is 5.38 Å². The number of aliphatic imine (C=N–C) groups is 1. The average molecular weight is 657 g/mol. The van der Waals surface area contributed by atoms with E-state index < -0.39 is 72.6 Å². The highest BCUT2D eigenvalue weighted by atomic mass is 32.2. The Morgan fingerprint density at radius 2 is 1.73 bits per heavy atom. The third kappa shape index (κ3) is 13.0. The minimum atomic E-state index is -1.56. The molecular weight excluding hydrogens is 616 g/mol. The number of carboxylic acids is 1. The summed E-state index contributed by atoms with van der Waals surface area (Å²) in [6.07, 6.45) is 0.0552. The smallest absolute Gasteiger partial charge is 0.305 e. The number of fused-ring (bicyclic) bond motifs is 2. The van der Waals surface area contributed by atoms with E-state index in [0.717, 1.165) is 0 Å². The number of nitrogens with zero attached hydrogens (tertiary/aromatic N) is 2. The summed E-state index contributed by atoms with van der Waals surface area (Å²) in [5.41, 5.74) is 16.9. The predicted molar refractivity (Wildman–Crippen MR) is 165 cm³/mol. The number of guanidine groups is 1. The number of aliphatic carboxylic acids is 1. The SMILES string of the molecule is CC(C)CC1NC(=O)[C@H](CC(=O)O)NC(=O)CNC(=O)[C@H](CCCN=C(N)N)Nc2nc(cs2)CSCC(C(N)=O)NC1=O. The Hall–Kier alpha value is -4.13. The molecule has 1 aromatic rings. The number of rotatable bonds is 9. The third-order valence-corrected chi connectivity index (χ3v) is 7.99. The molecule has 44 heavy (non-hydrogen) atoms. The minimum absolute atomic E-state index is 0.0828. The summed E-state index contributed by atoms with van der Waals surface area (Å²) in [6, 6.07) is -4.62. The summed E-state index contributed by atoms with van der Waals surface area (Å²) in [6.45, 7) is 3.31. The molecule has 0 saturated carbocycles. The van der Waals surface area contributed by atoms with Crippen LogP contribution in [0.4, 0.5) is 5.13 Å². The highest BCUT2D eigenvalue weighted by Gasteiger charge is 2.31. The summed E-state index contributed by atoms with van der Waals surface area (Å²) < 4.78 is 0. The van der Waals surface area contributed by atoms with Gasteiger partial charge in [-0.3, -0.25) is 33.8 Å². The molecule has 4 atom stereocenters. The van der Waals surface area contributed by atoms with Crippen molar-refractivity contribution in [3.05, 3.63) is 11.1 Å². The molecule has 0 fully saturated rings. The van der Waals surface area contributed by atoms with E-state index in [4.69, 9.17) is 17.2 Å². The molecule has 5 amide bonds. The molecule has 0 radical (unpaired) electrons. The van der Waals surface area contributed by atoms with Crippen molar-refractivity contribution in [2.45, 2.75) is 69.5 Å². The average Bonchev–Trinajstić information content (AvgIpc) is 3.37. The number of primary amides is 1. The molecule has 2 heterocycles. The summed E-state index contributed by atoms with van der Waals surface area (Å²) >= 11 is 2.54. The summed E-state index contributed by atoms with van der Waals surface area (Å²) in [4.78, 5) is 84.1. The van der Waals surface area contributed by atoms with E-state index in [2.05, 4.69) is 36.6 Å². The molecule has 1 aliphatic heterocycles. The lowest BCUT2D eigenvalue weighted by molar-refractivity contribution is -0.141. The lowest BCUT2D eigenvalue weighted by atomic mass is 10.0. The van der Waals surface area contributed by atoms with Gasteiger partial charge in [0.15, 0.2) is 11.1 Å². The fourth-order valence-corrected chi connectivity index (χ4v) is 5.83. The lowest BCUT2D eigenvalue weighted by Gasteiger charge is -2.25. The highest BCUT2D eigenvalue weighted by molar-refractivity contribution is 7.98. The number of thioether (sulfide) groups is 1. The van der Waals surface area contributed by atoms with Crippen LogP contribution in [0.3, 0.4) is 0 Å². The zero-order chi connectivity index (χ0) is 32.8. The van der Waals surface area contributed by atoms with Gasteiger partial charge in [0.2, 0.25) is 29.5 Å². The fourth-order valence-electron chi connectivity index (χ4n) is 4.00. The van der Waals surface area contributed by atoms with Crippen molar-refractivity contribution in [2.24, 2.45) is 28.1 Å². The Bertz CT molecular complexity index is 1220.